The van der Waals surface area contributed by atoms with E-state index in [1.165, 1.54) is 29.3 Å². The number of hydrogen-bond donors (Lipinski definition) is 1. The number of hydrogen-bond acceptors (Lipinski definition) is 3. The van der Waals surface area contributed by atoms with Crippen molar-refractivity contribution in [1.82, 2.24) is 10.3 Å². The lowest BCUT2D eigenvalue weighted by Crippen LogP contribution is -2.42. The predicted octanol–water partition coefficient (Wildman–Crippen LogP) is 2.81. The Morgan fingerprint density at radius 3 is 2.89 bits per heavy atom. The fraction of sp³-hybridized carbons (Fsp3) is 0.438. The Morgan fingerprint density at radius 1 is 1.26 bits per heavy atom. The van der Waals surface area contributed by atoms with E-state index in [0.717, 1.165) is 19.6 Å². The number of benzene rings is 1. The third kappa shape index (κ3) is 2.56. The topological polar surface area (TPSA) is 28.2 Å². The average molecular weight is 255 g/mol. The Labute approximate surface area is 114 Å². The summed E-state index contributed by atoms with van der Waals surface area (Å²) in [5, 5.41) is 6.11. The first-order chi connectivity index (χ1) is 9.38. The zero-order chi connectivity index (χ0) is 13.1. The van der Waals surface area contributed by atoms with E-state index >= 15 is 0 Å². The molecule has 0 atom stereocenters. The lowest BCUT2D eigenvalue weighted by molar-refractivity contribution is 0.424. The SMILES string of the molecule is CCNC1CCN(c2cccc3cnccc23)CC1. The molecular weight excluding hydrogens is 234 g/mol. The first-order valence-electron chi connectivity index (χ1n) is 7.19. The van der Waals surface area contributed by atoms with Gasteiger partial charge >= 0.3 is 0 Å². The van der Waals surface area contributed by atoms with Gasteiger partial charge in [0.2, 0.25) is 0 Å². The highest BCUT2D eigenvalue weighted by Crippen LogP contribution is 2.28. The van der Waals surface area contributed by atoms with Crippen LogP contribution in [0.5, 0.6) is 0 Å². The van der Waals surface area contributed by atoms with Gasteiger partial charge in [0.05, 0.1) is 0 Å². The van der Waals surface area contributed by atoms with E-state index in [1.54, 1.807) is 0 Å². The van der Waals surface area contributed by atoms with Crippen LogP contribution in [0.3, 0.4) is 0 Å². The maximum atomic E-state index is 4.21. The molecule has 0 unspecified atom stereocenters. The molecule has 0 spiro atoms. The van der Waals surface area contributed by atoms with E-state index < -0.39 is 0 Å². The van der Waals surface area contributed by atoms with Gasteiger partial charge < -0.3 is 10.2 Å². The van der Waals surface area contributed by atoms with Crippen LogP contribution in [-0.2, 0) is 0 Å². The number of piperidine rings is 1. The van der Waals surface area contributed by atoms with Crippen LogP contribution in [0, 0.1) is 0 Å². The lowest BCUT2D eigenvalue weighted by Gasteiger charge is -2.34. The van der Waals surface area contributed by atoms with Gasteiger partial charge in [-0.05, 0) is 31.5 Å². The molecule has 2 aromatic rings. The molecule has 1 aromatic heterocycles. The van der Waals surface area contributed by atoms with Gasteiger partial charge in [-0.15, -0.1) is 0 Å². The molecule has 0 aliphatic carbocycles. The van der Waals surface area contributed by atoms with E-state index in [4.69, 9.17) is 0 Å². The van der Waals surface area contributed by atoms with Crippen molar-refractivity contribution in [2.24, 2.45) is 0 Å². The minimum absolute atomic E-state index is 0.692. The summed E-state index contributed by atoms with van der Waals surface area (Å²) < 4.78 is 0. The van der Waals surface area contributed by atoms with Gasteiger partial charge in [0.1, 0.15) is 0 Å². The van der Waals surface area contributed by atoms with Crippen LogP contribution in [0.15, 0.2) is 36.7 Å². The van der Waals surface area contributed by atoms with Gasteiger partial charge in [0, 0.05) is 48.0 Å². The van der Waals surface area contributed by atoms with Gasteiger partial charge in [-0.2, -0.15) is 0 Å². The highest BCUT2D eigenvalue weighted by atomic mass is 15.1. The zero-order valence-corrected chi connectivity index (χ0v) is 11.5. The summed E-state index contributed by atoms with van der Waals surface area (Å²) in [6.07, 6.45) is 6.30. The molecule has 100 valence electrons. The number of fused-ring (bicyclic) bond motifs is 1. The quantitative estimate of drug-likeness (QED) is 0.914. The Morgan fingerprint density at radius 2 is 2.11 bits per heavy atom. The maximum absolute atomic E-state index is 4.21. The monoisotopic (exact) mass is 255 g/mol. The molecule has 3 rings (SSSR count). The van der Waals surface area contributed by atoms with Crippen molar-refractivity contribution < 1.29 is 0 Å². The molecule has 3 heteroatoms. The van der Waals surface area contributed by atoms with Gasteiger partial charge in [-0.1, -0.05) is 19.1 Å². The largest absolute Gasteiger partial charge is 0.371 e. The third-order valence-electron chi connectivity index (χ3n) is 3.99. The summed E-state index contributed by atoms with van der Waals surface area (Å²) >= 11 is 0. The summed E-state index contributed by atoms with van der Waals surface area (Å²) in [5.74, 6) is 0. The maximum Gasteiger partial charge on any atom is 0.0447 e. The van der Waals surface area contributed by atoms with E-state index in [-0.39, 0.29) is 0 Å². The van der Waals surface area contributed by atoms with Crippen molar-refractivity contribution in [1.29, 1.82) is 0 Å². The Kier molecular flexibility index (Phi) is 3.65. The Balaban J connectivity index is 1.82. The van der Waals surface area contributed by atoms with Gasteiger partial charge in [0.15, 0.2) is 0 Å². The minimum Gasteiger partial charge on any atom is -0.371 e. The van der Waals surface area contributed by atoms with Crippen LogP contribution in [0.1, 0.15) is 19.8 Å². The average Bonchev–Trinajstić information content (AvgIpc) is 2.48. The third-order valence-corrected chi connectivity index (χ3v) is 3.99. The molecule has 1 N–H and O–H groups in total. The zero-order valence-electron chi connectivity index (χ0n) is 11.5. The first-order valence-corrected chi connectivity index (χ1v) is 7.19. The van der Waals surface area contributed by atoms with Crippen LogP contribution < -0.4 is 10.2 Å². The van der Waals surface area contributed by atoms with Gasteiger partial charge in [-0.3, -0.25) is 4.98 Å². The summed E-state index contributed by atoms with van der Waals surface area (Å²) in [4.78, 5) is 6.72. The summed E-state index contributed by atoms with van der Waals surface area (Å²) in [5.41, 5.74) is 1.36. The van der Waals surface area contributed by atoms with E-state index in [9.17, 15) is 0 Å². The highest BCUT2D eigenvalue weighted by Gasteiger charge is 2.19. The minimum atomic E-state index is 0.692. The molecule has 1 aliphatic rings. The second-order valence-corrected chi connectivity index (χ2v) is 5.19. The van der Waals surface area contributed by atoms with E-state index in [2.05, 4.69) is 46.4 Å². The van der Waals surface area contributed by atoms with Crippen LogP contribution >= 0.6 is 0 Å². The van der Waals surface area contributed by atoms with Crippen molar-refractivity contribution in [3.8, 4) is 0 Å². The second kappa shape index (κ2) is 5.57. The smallest absolute Gasteiger partial charge is 0.0447 e. The van der Waals surface area contributed by atoms with Crippen LogP contribution in [0.2, 0.25) is 0 Å². The van der Waals surface area contributed by atoms with Gasteiger partial charge in [0.25, 0.3) is 0 Å². The van der Waals surface area contributed by atoms with Crippen molar-refractivity contribution in [3.05, 3.63) is 36.7 Å². The standard InChI is InChI=1S/C16H21N3/c1-2-18-14-7-10-19(11-8-14)16-5-3-4-13-12-17-9-6-15(13)16/h3-6,9,12,14,18H,2,7-8,10-11H2,1H3. The summed E-state index contributed by atoms with van der Waals surface area (Å²) in [6.45, 7) is 5.53. The predicted molar refractivity (Wildman–Crippen MR) is 80.7 cm³/mol. The molecule has 2 heterocycles. The van der Waals surface area contributed by atoms with E-state index in [1.807, 2.05) is 12.4 Å². The number of nitrogens with zero attached hydrogens (tertiary/aromatic N) is 2. The van der Waals surface area contributed by atoms with Crippen molar-refractivity contribution in [3.63, 3.8) is 0 Å². The Hall–Kier alpha value is -1.61. The second-order valence-electron chi connectivity index (χ2n) is 5.19. The van der Waals surface area contributed by atoms with Crippen LogP contribution in [0.4, 0.5) is 5.69 Å². The highest BCUT2D eigenvalue weighted by molar-refractivity contribution is 5.93. The fourth-order valence-electron chi connectivity index (χ4n) is 2.99. The fourth-order valence-corrected chi connectivity index (χ4v) is 2.99. The first kappa shape index (κ1) is 12.4. The number of anilines is 1. The van der Waals surface area contributed by atoms with Crippen LogP contribution in [0.25, 0.3) is 10.8 Å². The van der Waals surface area contributed by atoms with Crippen molar-refractivity contribution >= 4 is 16.5 Å². The summed E-state index contributed by atoms with van der Waals surface area (Å²) in [6, 6.07) is 9.32. The molecule has 1 aliphatic heterocycles. The van der Waals surface area contributed by atoms with E-state index in [0.29, 0.717) is 6.04 Å². The molecule has 0 bridgehead atoms. The number of aromatic nitrogens is 1. The Bertz CT molecular complexity index is 539. The van der Waals surface area contributed by atoms with Crippen molar-refractivity contribution in [2.75, 3.05) is 24.5 Å². The molecule has 1 saturated heterocycles. The van der Waals surface area contributed by atoms with Gasteiger partial charge in [-0.25, -0.2) is 0 Å². The molecule has 1 aromatic carbocycles. The number of nitrogens with one attached hydrogen (secondary N) is 1. The molecular formula is C16H21N3. The molecule has 0 amide bonds. The number of rotatable bonds is 3. The summed E-state index contributed by atoms with van der Waals surface area (Å²) in [7, 11) is 0. The molecule has 3 nitrogen and oxygen atoms in total. The molecule has 19 heavy (non-hydrogen) atoms. The lowest BCUT2D eigenvalue weighted by atomic mass is 10.0. The molecule has 1 fully saturated rings. The molecule has 0 saturated carbocycles. The number of pyridine rings is 1. The molecule has 0 radical (unpaired) electrons. The van der Waals surface area contributed by atoms with Crippen molar-refractivity contribution in [2.45, 2.75) is 25.8 Å². The van der Waals surface area contributed by atoms with Crippen LogP contribution in [-0.4, -0.2) is 30.7 Å². The normalized spacial score (nSPS) is 17.0.